The van der Waals surface area contributed by atoms with Gasteiger partial charge in [0.1, 0.15) is 10.7 Å². The number of rotatable bonds is 2. The molecular formula is C12H9N5OS. The molecule has 3 aromatic rings. The number of carbonyl (C=O) groups is 1. The smallest absolute Gasteiger partial charge is 0.275 e. The maximum absolute atomic E-state index is 12.0. The van der Waals surface area contributed by atoms with E-state index in [1.807, 2.05) is 24.3 Å². The van der Waals surface area contributed by atoms with Crippen LogP contribution in [0.15, 0.2) is 36.5 Å². The summed E-state index contributed by atoms with van der Waals surface area (Å²) >= 11 is 1.10. The fraction of sp³-hybridized carbons (Fsp3) is 0. The quantitative estimate of drug-likeness (QED) is 0.742. The van der Waals surface area contributed by atoms with Gasteiger partial charge < -0.3 is 11.1 Å². The highest BCUT2D eigenvalue weighted by Crippen LogP contribution is 2.20. The van der Waals surface area contributed by atoms with Crippen molar-refractivity contribution in [1.82, 2.24) is 14.6 Å². The molecule has 0 aliphatic rings. The molecule has 0 fully saturated rings. The van der Waals surface area contributed by atoms with Crippen LogP contribution in [0.5, 0.6) is 0 Å². The topological polar surface area (TPSA) is 93.8 Å². The van der Waals surface area contributed by atoms with E-state index in [9.17, 15) is 4.79 Å². The summed E-state index contributed by atoms with van der Waals surface area (Å²) in [6.45, 7) is 0. The van der Waals surface area contributed by atoms with Gasteiger partial charge in [-0.2, -0.15) is 0 Å². The Kier molecular flexibility index (Phi) is 2.81. The van der Waals surface area contributed by atoms with Crippen molar-refractivity contribution in [3.8, 4) is 0 Å². The van der Waals surface area contributed by atoms with Gasteiger partial charge in [0.15, 0.2) is 0 Å². The van der Waals surface area contributed by atoms with Gasteiger partial charge in [-0.3, -0.25) is 4.79 Å². The highest BCUT2D eigenvalue weighted by atomic mass is 32.1. The third kappa shape index (κ3) is 2.23. The van der Waals surface area contributed by atoms with Crippen molar-refractivity contribution in [2.45, 2.75) is 0 Å². The first kappa shape index (κ1) is 11.5. The number of anilines is 2. The van der Waals surface area contributed by atoms with Gasteiger partial charge in [-0.1, -0.05) is 22.7 Å². The zero-order valence-corrected chi connectivity index (χ0v) is 10.5. The van der Waals surface area contributed by atoms with Gasteiger partial charge in [-0.05, 0) is 12.1 Å². The van der Waals surface area contributed by atoms with Crippen LogP contribution in [0.4, 0.5) is 10.7 Å². The Morgan fingerprint density at radius 3 is 2.95 bits per heavy atom. The molecule has 0 aliphatic carbocycles. The van der Waals surface area contributed by atoms with Crippen molar-refractivity contribution < 1.29 is 4.79 Å². The molecule has 2 aromatic heterocycles. The minimum absolute atomic E-state index is 0.268. The maximum atomic E-state index is 12.0. The Balaban J connectivity index is 1.98. The second-order valence-corrected chi connectivity index (χ2v) is 4.64. The molecule has 0 unspecified atom stereocenters. The van der Waals surface area contributed by atoms with Crippen LogP contribution in [0.25, 0.3) is 10.9 Å². The Labute approximate surface area is 112 Å². The summed E-state index contributed by atoms with van der Waals surface area (Å²) in [7, 11) is 0. The van der Waals surface area contributed by atoms with E-state index in [-0.39, 0.29) is 11.6 Å². The van der Waals surface area contributed by atoms with Crippen LogP contribution >= 0.6 is 11.5 Å². The zero-order valence-electron chi connectivity index (χ0n) is 9.70. The molecule has 0 bridgehead atoms. The van der Waals surface area contributed by atoms with E-state index < -0.39 is 0 Å². The number of nitrogens with one attached hydrogen (secondary N) is 1. The normalized spacial score (nSPS) is 10.5. The second kappa shape index (κ2) is 4.62. The van der Waals surface area contributed by atoms with E-state index >= 15 is 0 Å². The summed E-state index contributed by atoms with van der Waals surface area (Å²) in [5.41, 5.74) is 7.41. The molecule has 0 saturated carbocycles. The molecular weight excluding hydrogens is 262 g/mol. The van der Waals surface area contributed by atoms with Gasteiger partial charge >= 0.3 is 0 Å². The summed E-state index contributed by atoms with van der Waals surface area (Å²) in [4.78, 5) is 16.3. The van der Waals surface area contributed by atoms with Crippen molar-refractivity contribution in [3.63, 3.8) is 0 Å². The predicted molar refractivity (Wildman–Crippen MR) is 74.0 cm³/mol. The minimum atomic E-state index is -0.330. The molecule has 7 heteroatoms. The largest absolute Gasteiger partial charge is 0.398 e. The molecule has 0 spiro atoms. The first-order valence-electron chi connectivity index (χ1n) is 5.48. The van der Waals surface area contributed by atoms with Crippen molar-refractivity contribution in [1.29, 1.82) is 0 Å². The Bertz CT molecular complexity index is 741. The van der Waals surface area contributed by atoms with Crippen LogP contribution in [0.2, 0.25) is 0 Å². The summed E-state index contributed by atoms with van der Waals surface area (Å²) in [5.74, 6) is -0.330. The van der Waals surface area contributed by atoms with Gasteiger partial charge in [-0.25, -0.2) is 4.98 Å². The third-order valence-electron chi connectivity index (χ3n) is 2.58. The lowest BCUT2D eigenvalue weighted by molar-refractivity contribution is 0.102. The van der Waals surface area contributed by atoms with Crippen LogP contribution in [0, 0.1) is 0 Å². The Morgan fingerprint density at radius 2 is 2.16 bits per heavy atom. The predicted octanol–water partition coefficient (Wildman–Crippen LogP) is 1.92. The van der Waals surface area contributed by atoms with Gasteiger partial charge in [-0.15, -0.1) is 5.10 Å². The zero-order chi connectivity index (χ0) is 13.2. The first-order chi connectivity index (χ1) is 9.24. The lowest BCUT2D eigenvalue weighted by atomic mass is 10.1. The molecule has 0 aliphatic heterocycles. The van der Waals surface area contributed by atoms with E-state index in [2.05, 4.69) is 19.9 Å². The number of nitrogens with two attached hydrogens (primary N) is 1. The number of para-hydroxylation sites is 1. The highest BCUT2D eigenvalue weighted by Gasteiger charge is 2.11. The number of nitrogen functional groups attached to an aromatic ring is 1. The highest BCUT2D eigenvalue weighted by molar-refractivity contribution is 7.10. The van der Waals surface area contributed by atoms with E-state index in [1.165, 1.54) is 6.20 Å². The molecule has 19 heavy (non-hydrogen) atoms. The average Bonchev–Trinajstić information content (AvgIpc) is 2.91. The molecule has 3 N–H and O–H groups in total. The standard InChI is InChI=1S/C12H9N5OS/c13-8-5-10(12(18)16-11-6-14-17-19-11)15-9-4-2-1-3-7(8)9/h1-6H,(H2,13,15)(H,16,18). The average molecular weight is 271 g/mol. The molecule has 6 nitrogen and oxygen atoms in total. The molecule has 3 rings (SSSR count). The molecule has 1 amide bonds. The second-order valence-electron chi connectivity index (χ2n) is 3.85. The molecule has 0 saturated heterocycles. The molecule has 2 heterocycles. The Morgan fingerprint density at radius 1 is 1.32 bits per heavy atom. The summed E-state index contributed by atoms with van der Waals surface area (Å²) in [5, 5.41) is 7.71. The van der Waals surface area contributed by atoms with Crippen molar-refractivity contribution in [2.24, 2.45) is 0 Å². The van der Waals surface area contributed by atoms with Crippen molar-refractivity contribution >= 4 is 39.0 Å². The third-order valence-corrected chi connectivity index (χ3v) is 3.16. The van der Waals surface area contributed by atoms with Crippen LogP contribution in [0.1, 0.15) is 10.5 Å². The number of amides is 1. The number of fused-ring (bicyclic) bond motifs is 1. The lowest BCUT2D eigenvalue weighted by Crippen LogP contribution is -2.13. The van der Waals surface area contributed by atoms with Crippen molar-refractivity contribution in [3.05, 3.63) is 42.2 Å². The number of hydrogen-bond donors (Lipinski definition) is 2. The number of carbonyl (C=O) groups excluding carboxylic acids is 1. The summed E-state index contributed by atoms with van der Waals surface area (Å²) in [6, 6.07) is 8.97. The van der Waals surface area contributed by atoms with Crippen LogP contribution < -0.4 is 11.1 Å². The number of pyridine rings is 1. The Hall–Kier alpha value is -2.54. The fourth-order valence-corrected chi connectivity index (χ4v) is 2.13. The summed E-state index contributed by atoms with van der Waals surface area (Å²) in [6.07, 6.45) is 1.48. The van der Waals surface area contributed by atoms with Crippen LogP contribution in [-0.4, -0.2) is 20.5 Å². The minimum Gasteiger partial charge on any atom is -0.398 e. The van der Waals surface area contributed by atoms with E-state index in [0.717, 1.165) is 16.9 Å². The van der Waals surface area contributed by atoms with Crippen molar-refractivity contribution in [2.75, 3.05) is 11.1 Å². The monoisotopic (exact) mass is 271 g/mol. The lowest BCUT2D eigenvalue weighted by Gasteiger charge is -2.05. The van der Waals surface area contributed by atoms with Crippen LogP contribution in [-0.2, 0) is 0 Å². The number of nitrogens with zero attached hydrogens (tertiary/aromatic N) is 3. The molecule has 94 valence electrons. The molecule has 1 aromatic carbocycles. The maximum Gasteiger partial charge on any atom is 0.275 e. The summed E-state index contributed by atoms with van der Waals surface area (Å²) < 4.78 is 3.67. The van der Waals surface area contributed by atoms with Gasteiger partial charge in [0, 0.05) is 22.6 Å². The van der Waals surface area contributed by atoms with E-state index in [1.54, 1.807) is 6.07 Å². The fourth-order valence-electron chi connectivity index (χ4n) is 1.72. The first-order valence-corrected chi connectivity index (χ1v) is 6.25. The SMILES string of the molecule is Nc1cc(C(=O)Nc2cnns2)nc2ccccc12. The van der Waals surface area contributed by atoms with E-state index in [4.69, 9.17) is 5.73 Å². The van der Waals surface area contributed by atoms with Gasteiger partial charge in [0.2, 0.25) is 0 Å². The van der Waals surface area contributed by atoms with Gasteiger partial charge in [0.25, 0.3) is 5.91 Å². The number of benzene rings is 1. The van der Waals surface area contributed by atoms with Crippen LogP contribution in [0.3, 0.4) is 0 Å². The number of aromatic nitrogens is 3. The number of hydrogen-bond acceptors (Lipinski definition) is 6. The molecule has 0 radical (unpaired) electrons. The molecule has 0 atom stereocenters. The van der Waals surface area contributed by atoms with E-state index in [0.29, 0.717) is 16.2 Å². The van der Waals surface area contributed by atoms with Gasteiger partial charge in [0.05, 0.1) is 11.7 Å².